The average Bonchev–Trinajstić information content (AvgIpc) is 3.15. The zero-order valence-electron chi connectivity index (χ0n) is 9.87. The second kappa shape index (κ2) is 4.29. The summed E-state index contributed by atoms with van der Waals surface area (Å²) in [5, 5.41) is 6.92. The second-order valence-electron chi connectivity index (χ2n) is 4.62. The van der Waals surface area contributed by atoms with Gasteiger partial charge in [0, 0.05) is 12.7 Å². The Labute approximate surface area is 103 Å². The SMILES string of the molecule is O=C(Cn1nc2ccccn2c1=O)NCC1CC1. The van der Waals surface area contributed by atoms with Gasteiger partial charge in [0.05, 0.1) is 0 Å². The molecule has 1 fully saturated rings. The van der Waals surface area contributed by atoms with Gasteiger partial charge in [-0.05, 0) is 30.9 Å². The molecule has 0 saturated heterocycles. The minimum Gasteiger partial charge on any atom is -0.354 e. The summed E-state index contributed by atoms with van der Waals surface area (Å²) in [6, 6.07) is 5.30. The number of amides is 1. The maximum atomic E-state index is 11.9. The number of fused-ring (bicyclic) bond motifs is 1. The van der Waals surface area contributed by atoms with Crippen LogP contribution in [0.5, 0.6) is 0 Å². The summed E-state index contributed by atoms with van der Waals surface area (Å²) in [6.07, 6.45) is 4.02. The summed E-state index contributed by atoms with van der Waals surface area (Å²) in [5.74, 6) is 0.471. The minimum absolute atomic E-state index is 0.0206. The van der Waals surface area contributed by atoms with Crippen LogP contribution in [0.4, 0.5) is 0 Å². The van der Waals surface area contributed by atoms with Crippen LogP contribution in [-0.4, -0.2) is 26.6 Å². The third-order valence-corrected chi connectivity index (χ3v) is 3.07. The lowest BCUT2D eigenvalue weighted by molar-refractivity contribution is -0.121. The van der Waals surface area contributed by atoms with Crippen molar-refractivity contribution in [2.45, 2.75) is 19.4 Å². The highest BCUT2D eigenvalue weighted by atomic mass is 16.2. The van der Waals surface area contributed by atoms with Gasteiger partial charge in [-0.25, -0.2) is 9.48 Å². The van der Waals surface area contributed by atoms with Crippen molar-refractivity contribution in [1.82, 2.24) is 19.5 Å². The smallest absolute Gasteiger partial charge is 0.350 e. The summed E-state index contributed by atoms with van der Waals surface area (Å²) in [5.41, 5.74) is 0.268. The summed E-state index contributed by atoms with van der Waals surface area (Å²) in [4.78, 5) is 23.6. The van der Waals surface area contributed by atoms with E-state index in [1.165, 1.54) is 21.9 Å². The van der Waals surface area contributed by atoms with Crippen LogP contribution in [0.1, 0.15) is 12.8 Å². The monoisotopic (exact) mass is 246 g/mol. The Balaban J connectivity index is 1.75. The number of carbonyl (C=O) groups excluding carboxylic acids is 1. The van der Waals surface area contributed by atoms with Crippen molar-refractivity contribution < 1.29 is 4.79 Å². The molecule has 1 aliphatic rings. The molecule has 0 aliphatic heterocycles. The van der Waals surface area contributed by atoms with Gasteiger partial charge in [-0.2, -0.15) is 0 Å². The van der Waals surface area contributed by atoms with Gasteiger partial charge in [-0.3, -0.25) is 9.20 Å². The van der Waals surface area contributed by atoms with Crippen molar-refractivity contribution in [2.24, 2.45) is 5.92 Å². The van der Waals surface area contributed by atoms with E-state index in [0.717, 1.165) is 0 Å². The number of nitrogens with zero attached hydrogens (tertiary/aromatic N) is 3. The zero-order chi connectivity index (χ0) is 12.5. The molecule has 1 amide bonds. The quantitative estimate of drug-likeness (QED) is 0.827. The van der Waals surface area contributed by atoms with Crippen molar-refractivity contribution in [3.63, 3.8) is 0 Å². The van der Waals surface area contributed by atoms with Crippen molar-refractivity contribution >= 4 is 11.6 Å². The van der Waals surface area contributed by atoms with E-state index in [9.17, 15) is 9.59 Å². The molecule has 18 heavy (non-hydrogen) atoms. The first kappa shape index (κ1) is 11.0. The molecule has 0 radical (unpaired) electrons. The van der Waals surface area contributed by atoms with E-state index in [1.807, 2.05) is 0 Å². The van der Waals surface area contributed by atoms with Gasteiger partial charge in [0.1, 0.15) is 6.54 Å². The molecule has 6 nitrogen and oxygen atoms in total. The first-order valence-electron chi connectivity index (χ1n) is 6.05. The van der Waals surface area contributed by atoms with E-state index >= 15 is 0 Å². The van der Waals surface area contributed by atoms with Gasteiger partial charge in [-0.1, -0.05) is 6.07 Å². The molecule has 0 spiro atoms. The van der Waals surface area contributed by atoms with Crippen LogP contribution in [0.25, 0.3) is 5.65 Å². The lowest BCUT2D eigenvalue weighted by Crippen LogP contribution is -2.33. The molecule has 2 heterocycles. The second-order valence-corrected chi connectivity index (χ2v) is 4.62. The highest BCUT2D eigenvalue weighted by Gasteiger charge is 2.21. The normalized spacial score (nSPS) is 14.9. The first-order valence-corrected chi connectivity index (χ1v) is 6.05. The molecule has 0 aromatic carbocycles. The van der Waals surface area contributed by atoms with Crippen LogP contribution in [0.3, 0.4) is 0 Å². The molecule has 3 rings (SSSR count). The van der Waals surface area contributed by atoms with E-state index in [0.29, 0.717) is 18.1 Å². The van der Waals surface area contributed by atoms with Crippen LogP contribution in [0, 0.1) is 5.92 Å². The largest absolute Gasteiger partial charge is 0.354 e. The Morgan fingerprint density at radius 2 is 2.28 bits per heavy atom. The number of nitrogens with one attached hydrogen (secondary N) is 1. The minimum atomic E-state index is -0.285. The number of rotatable bonds is 4. The molecule has 0 bridgehead atoms. The summed E-state index contributed by atoms with van der Waals surface area (Å²) in [7, 11) is 0. The van der Waals surface area contributed by atoms with E-state index in [2.05, 4.69) is 10.4 Å². The van der Waals surface area contributed by atoms with Gasteiger partial charge in [-0.15, -0.1) is 5.10 Å². The van der Waals surface area contributed by atoms with Crippen molar-refractivity contribution in [3.8, 4) is 0 Å². The van der Waals surface area contributed by atoms with Gasteiger partial charge in [0.25, 0.3) is 0 Å². The fourth-order valence-corrected chi connectivity index (χ4v) is 1.84. The number of pyridine rings is 1. The lowest BCUT2D eigenvalue weighted by Gasteiger charge is -2.02. The Bertz CT molecular complexity index is 639. The zero-order valence-corrected chi connectivity index (χ0v) is 9.87. The Morgan fingerprint density at radius 3 is 3.00 bits per heavy atom. The molecule has 94 valence electrons. The first-order chi connectivity index (χ1) is 8.74. The Kier molecular flexibility index (Phi) is 2.62. The number of aromatic nitrogens is 3. The molecule has 2 aromatic heterocycles. The lowest BCUT2D eigenvalue weighted by atomic mass is 10.4. The van der Waals surface area contributed by atoms with Gasteiger partial charge >= 0.3 is 5.69 Å². The van der Waals surface area contributed by atoms with Crippen LogP contribution < -0.4 is 11.0 Å². The van der Waals surface area contributed by atoms with Crippen LogP contribution in [0.15, 0.2) is 29.2 Å². The van der Waals surface area contributed by atoms with Crippen molar-refractivity contribution in [2.75, 3.05) is 6.54 Å². The number of hydrogen-bond acceptors (Lipinski definition) is 3. The van der Waals surface area contributed by atoms with E-state index in [-0.39, 0.29) is 18.1 Å². The van der Waals surface area contributed by atoms with Crippen molar-refractivity contribution in [3.05, 3.63) is 34.9 Å². The van der Waals surface area contributed by atoms with E-state index < -0.39 is 0 Å². The van der Waals surface area contributed by atoms with Crippen molar-refractivity contribution in [1.29, 1.82) is 0 Å². The highest BCUT2D eigenvalue weighted by molar-refractivity contribution is 5.75. The van der Waals surface area contributed by atoms with Gasteiger partial charge < -0.3 is 5.32 Å². The standard InChI is InChI=1S/C12H14N4O2/c17-11(13-7-9-4-5-9)8-16-12(18)15-6-2-1-3-10(15)14-16/h1-3,6,9H,4-5,7-8H2,(H,13,17). The molecule has 1 aliphatic carbocycles. The maximum absolute atomic E-state index is 11.9. The maximum Gasteiger partial charge on any atom is 0.350 e. The van der Waals surface area contributed by atoms with Gasteiger partial charge in [0.15, 0.2) is 5.65 Å². The Hall–Kier alpha value is -2.11. The van der Waals surface area contributed by atoms with E-state index in [1.54, 1.807) is 24.4 Å². The average molecular weight is 246 g/mol. The predicted molar refractivity (Wildman–Crippen MR) is 65.2 cm³/mol. The number of carbonyl (C=O) groups is 1. The molecule has 0 atom stereocenters. The molecule has 6 heteroatoms. The third-order valence-electron chi connectivity index (χ3n) is 3.07. The topological polar surface area (TPSA) is 68.4 Å². The van der Waals surface area contributed by atoms with Gasteiger partial charge in [0.2, 0.25) is 5.91 Å². The fraction of sp³-hybridized carbons (Fsp3) is 0.417. The summed E-state index contributed by atoms with van der Waals surface area (Å²) >= 11 is 0. The summed E-state index contributed by atoms with van der Waals surface area (Å²) < 4.78 is 2.62. The molecule has 1 saturated carbocycles. The third kappa shape index (κ3) is 2.13. The summed E-state index contributed by atoms with van der Waals surface area (Å²) in [6.45, 7) is 0.689. The molecule has 2 aromatic rings. The highest BCUT2D eigenvalue weighted by Crippen LogP contribution is 2.27. The fourth-order valence-electron chi connectivity index (χ4n) is 1.84. The van der Waals surface area contributed by atoms with E-state index in [4.69, 9.17) is 0 Å². The molecular formula is C12H14N4O2. The van der Waals surface area contributed by atoms with Crippen LogP contribution >= 0.6 is 0 Å². The molecule has 1 N–H and O–H groups in total. The Morgan fingerprint density at radius 1 is 1.44 bits per heavy atom. The van der Waals surface area contributed by atoms with Crippen LogP contribution in [-0.2, 0) is 11.3 Å². The number of hydrogen-bond donors (Lipinski definition) is 1. The predicted octanol–water partition coefficient (Wildman–Crippen LogP) is 0.0222. The molecule has 0 unspecified atom stereocenters. The molecular weight excluding hydrogens is 232 g/mol. The van der Waals surface area contributed by atoms with Crippen LogP contribution in [0.2, 0.25) is 0 Å².